The molecule has 1 aromatic rings. The summed E-state index contributed by atoms with van der Waals surface area (Å²) in [6.45, 7) is 0. The summed E-state index contributed by atoms with van der Waals surface area (Å²) in [5, 5.41) is 0. The van der Waals surface area contributed by atoms with Crippen LogP contribution < -0.4 is 0 Å². The summed E-state index contributed by atoms with van der Waals surface area (Å²) in [6.07, 6.45) is 3.97. The molecular weight excluding hydrogens is 237 g/mol. The number of benzene rings is 1. The van der Waals surface area contributed by atoms with Crippen LogP contribution in [0.15, 0.2) is 33.6 Å². The zero-order valence-electron chi connectivity index (χ0n) is 7.86. The van der Waals surface area contributed by atoms with Crippen molar-refractivity contribution in [3.05, 3.63) is 30.1 Å². The van der Waals surface area contributed by atoms with Gasteiger partial charge in [0.15, 0.2) is 0 Å². The largest absolute Gasteiger partial charge is 0.207 e. The van der Waals surface area contributed by atoms with E-state index in [1.807, 2.05) is 12.5 Å². The predicted molar refractivity (Wildman–Crippen MR) is 66.7 cm³/mol. The Morgan fingerprint density at radius 3 is 2.21 bits per heavy atom. The summed E-state index contributed by atoms with van der Waals surface area (Å²) in [5.41, 5.74) is 0. The van der Waals surface area contributed by atoms with Gasteiger partial charge in [0.1, 0.15) is 10.2 Å². The summed E-state index contributed by atoms with van der Waals surface area (Å²) in [4.78, 5) is 0.951. The van der Waals surface area contributed by atoms with Gasteiger partial charge in [0.2, 0.25) is 0 Å². The third-order valence-electron chi connectivity index (χ3n) is 1.39. The van der Waals surface area contributed by atoms with Crippen molar-refractivity contribution < 1.29 is 4.39 Å². The zero-order valence-corrected chi connectivity index (χ0v) is 10.3. The van der Waals surface area contributed by atoms with E-state index in [-0.39, 0.29) is 5.82 Å². The van der Waals surface area contributed by atoms with Crippen molar-refractivity contribution in [2.75, 3.05) is 12.5 Å². The summed E-state index contributed by atoms with van der Waals surface area (Å²) in [7, 11) is 0. The van der Waals surface area contributed by atoms with Crippen LogP contribution in [0.25, 0.3) is 0 Å². The van der Waals surface area contributed by atoms with E-state index in [2.05, 4.69) is 4.40 Å². The van der Waals surface area contributed by atoms with Gasteiger partial charge in [-0.15, -0.1) is 23.5 Å². The summed E-state index contributed by atoms with van der Waals surface area (Å²) in [5.74, 6) is -0.215. The van der Waals surface area contributed by atoms with Gasteiger partial charge in [-0.2, -0.15) is 4.40 Å². The van der Waals surface area contributed by atoms with Crippen LogP contribution in [0.4, 0.5) is 4.39 Å². The molecule has 14 heavy (non-hydrogen) atoms. The van der Waals surface area contributed by atoms with Crippen LogP contribution in [0.5, 0.6) is 0 Å². The van der Waals surface area contributed by atoms with Crippen molar-refractivity contribution in [2.45, 2.75) is 4.90 Å². The Labute approximate surface area is 96.1 Å². The molecule has 0 saturated heterocycles. The standard InChI is InChI=1S/C9H10FNS3/c1-12-9(13-2)11-14-8-5-3-7(10)4-6-8/h3-6H,1-2H3. The maximum Gasteiger partial charge on any atom is 0.138 e. The number of rotatable bonds is 2. The minimum Gasteiger partial charge on any atom is -0.207 e. The minimum absolute atomic E-state index is 0.215. The number of hydrogen-bond donors (Lipinski definition) is 0. The van der Waals surface area contributed by atoms with Gasteiger partial charge in [-0.05, 0) is 36.8 Å². The number of hydrogen-bond acceptors (Lipinski definition) is 4. The Bertz CT molecular complexity index is 304. The molecule has 5 heteroatoms. The average Bonchev–Trinajstić information content (AvgIpc) is 2.22. The minimum atomic E-state index is -0.215. The fourth-order valence-electron chi connectivity index (χ4n) is 0.743. The van der Waals surface area contributed by atoms with E-state index in [4.69, 9.17) is 0 Å². The molecule has 0 fully saturated rings. The van der Waals surface area contributed by atoms with Gasteiger partial charge in [-0.3, -0.25) is 0 Å². The highest BCUT2D eigenvalue weighted by Crippen LogP contribution is 2.23. The lowest BCUT2D eigenvalue weighted by Crippen LogP contribution is -1.79. The van der Waals surface area contributed by atoms with Crippen LogP contribution in [-0.4, -0.2) is 16.9 Å². The zero-order chi connectivity index (χ0) is 10.4. The van der Waals surface area contributed by atoms with Crippen LogP contribution in [0, 0.1) is 5.82 Å². The van der Waals surface area contributed by atoms with Crippen molar-refractivity contribution in [1.82, 2.24) is 0 Å². The Balaban J connectivity index is 2.60. The van der Waals surface area contributed by atoms with Crippen molar-refractivity contribution in [1.29, 1.82) is 0 Å². The lowest BCUT2D eigenvalue weighted by Gasteiger charge is -1.98. The maximum atomic E-state index is 12.6. The molecule has 76 valence electrons. The maximum absolute atomic E-state index is 12.6. The molecule has 0 aliphatic carbocycles. The molecule has 0 aromatic heterocycles. The van der Waals surface area contributed by atoms with Crippen molar-refractivity contribution in [3.8, 4) is 0 Å². The summed E-state index contributed by atoms with van der Waals surface area (Å²) in [6, 6.07) is 6.33. The fraction of sp³-hybridized carbons (Fsp3) is 0.222. The Morgan fingerprint density at radius 2 is 1.71 bits per heavy atom. The molecule has 0 N–H and O–H groups in total. The third kappa shape index (κ3) is 3.94. The smallest absolute Gasteiger partial charge is 0.138 e. The molecule has 1 aromatic carbocycles. The van der Waals surface area contributed by atoms with E-state index in [0.29, 0.717) is 0 Å². The molecule has 0 aliphatic rings. The van der Waals surface area contributed by atoms with Crippen molar-refractivity contribution >= 4 is 39.8 Å². The van der Waals surface area contributed by atoms with E-state index in [0.717, 1.165) is 9.27 Å². The third-order valence-corrected chi connectivity index (χ3v) is 4.26. The Hall–Kier alpha value is -0.130. The number of nitrogens with zero attached hydrogens (tertiary/aromatic N) is 1. The highest BCUT2D eigenvalue weighted by Gasteiger charge is 1.96. The second kappa shape index (κ2) is 6.37. The number of thioether (sulfide) groups is 2. The molecular formula is C9H10FNS3. The molecule has 1 rings (SSSR count). The quantitative estimate of drug-likeness (QED) is 0.446. The molecule has 0 saturated carbocycles. The molecule has 0 aliphatic heterocycles. The molecule has 0 bridgehead atoms. The lowest BCUT2D eigenvalue weighted by molar-refractivity contribution is 0.626. The monoisotopic (exact) mass is 247 g/mol. The van der Waals surface area contributed by atoms with Gasteiger partial charge in [0.25, 0.3) is 0 Å². The lowest BCUT2D eigenvalue weighted by atomic mass is 10.4. The molecule has 1 nitrogen and oxygen atoms in total. The van der Waals surface area contributed by atoms with Crippen LogP contribution in [0.1, 0.15) is 0 Å². The second-order valence-electron chi connectivity index (χ2n) is 2.31. The first-order valence-corrected chi connectivity index (χ1v) is 7.07. The second-order valence-corrected chi connectivity index (χ2v) is 5.00. The average molecular weight is 247 g/mol. The van der Waals surface area contributed by atoms with Crippen LogP contribution in [0.3, 0.4) is 0 Å². The highest BCUT2D eigenvalue weighted by molar-refractivity contribution is 8.38. The van der Waals surface area contributed by atoms with E-state index in [9.17, 15) is 4.39 Å². The van der Waals surface area contributed by atoms with E-state index in [1.54, 1.807) is 35.7 Å². The van der Waals surface area contributed by atoms with Gasteiger partial charge in [-0.25, -0.2) is 4.39 Å². The molecule has 0 radical (unpaired) electrons. The summed E-state index contributed by atoms with van der Waals surface area (Å²) >= 11 is 4.59. The fourth-order valence-corrected chi connectivity index (χ4v) is 2.67. The van der Waals surface area contributed by atoms with Gasteiger partial charge >= 0.3 is 0 Å². The van der Waals surface area contributed by atoms with Crippen LogP contribution in [0.2, 0.25) is 0 Å². The molecule has 0 unspecified atom stereocenters. The SMILES string of the molecule is CSC(=NSc1ccc(F)cc1)SC. The molecule has 0 amide bonds. The topological polar surface area (TPSA) is 12.4 Å². The van der Waals surface area contributed by atoms with Gasteiger partial charge in [0, 0.05) is 16.8 Å². The number of halogens is 1. The van der Waals surface area contributed by atoms with Crippen LogP contribution >= 0.6 is 35.5 Å². The van der Waals surface area contributed by atoms with Gasteiger partial charge in [0.05, 0.1) is 0 Å². The first-order chi connectivity index (χ1) is 6.76. The molecule has 0 spiro atoms. The van der Waals surface area contributed by atoms with Crippen molar-refractivity contribution in [2.24, 2.45) is 4.40 Å². The van der Waals surface area contributed by atoms with Crippen LogP contribution in [-0.2, 0) is 0 Å². The predicted octanol–water partition coefficient (Wildman–Crippen LogP) is 3.91. The highest BCUT2D eigenvalue weighted by atomic mass is 32.2. The first kappa shape index (κ1) is 11.9. The Kier molecular flexibility index (Phi) is 5.44. The molecule has 0 heterocycles. The molecule has 0 atom stereocenters. The van der Waals surface area contributed by atoms with E-state index in [1.165, 1.54) is 24.1 Å². The Morgan fingerprint density at radius 1 is 1.14 bits per heavy atom. The van der Waals surface area contributed by atoms with E-state index >= 15 is 0 Å². The van der Waals surface area contributed by atoms with Gasteiger partial charge in [-0.1, -0.05) is 0 Å². The first-order valence-electron chi connectivity index (χ1n) is 3.85. The van der Waals surface area contributed by atoms with E-state index < -0.39 is 0 Å². The van der Waals surface area contributed by atoms with Gasteiger partial charge < -0.3 is 0 Å². The van der Waals surface area contributed by atoms with Crippen molar-refractivity contribution in [3.63, 3.8) is 0 Å². The summed E-state index contributed by atoms with van der Waals surface area (Å²) < 4.78 is 17.9. The normalized spacial score (nSPS) is 9.93.